The summed E-state index contributed by atoms with van der Waals surface area (Å²) in [4.78, 5) is 12.5. The summed E-state index contributed by atoms with van der Waals surface area (Å²) < 4.78 is 20.2. The molecule has 6 heteroatoms. The molecule has 4 nitrogen and oxygen atoms in total. The molecule has 0 saturated carbocycles. The van der Waals surface area contributed by atoms with Crippen LogP contribution >= 0.6 is 0 Å². The van der Waals surface area contributed by atoms with Crippen LogP contribution < -0.4 is 10.4 Å². The zero-order chi connectivity index (χ0) is 28.2. The van der Waals surface area contributed by atoms with E-state index in [0.29, 0.717) is 13.0 Å². The van der Waals surface area contributed by atoms with Gasteiger partial charge in [0.2, 0.25) is 0 Å². The lowest BCUT2D eigenvalue weighted by Crippen LogP contribution is -2.66. The van der Waals surface area contributed by atoms with Crippen molar-refractivity contribution >= 4 is 33.0 Å². The van der Waals surface area contributed by atoms with Crippen molar-refractivity contribution in [3.05, 3.63) is 60.7 Å². The fraction of sp³-hybridized carbons (Fsp3) is 0.594. The van der Waals surface area contributed by atoms with E-state index >= 15 is 0 Å². The van der Waals surface area contributed by atoms with Gasteiger partial charge in [-0.1, -0.05) is 102 Å². The van der Waals surface area contributed by atoms with Crippen molar-refractivity contribution in [1.82, 2.24) is 0 Å². The Morgan fingerprint density at radius 3 is 1.89 bits per heavy atom. The first kappa shape index (κ1) is 30.8. The maximum atomic E-state index is 12.5. The minimum Gasteiger partial charge on any atom is -0.459 e. The van der Waals surface area contributed by atoms with E-state index in [2.05, 4.69) is 122 Å². The van der Waals surface area contributed by atoms with Gasteiger partial charge in [0.05, 0.1) is 5.60 Å². The molecule has 210 valence electrons. The molecule has 0 unspecified atom stereocenters. The maximum Gasteiger partial charge on any atom is 0.306 e. The van der Waals surface area contributed by atoms with E-state index in [9.17, 15) is 4.79 Å². The van der Waals surface area contributed by atoms with E-state index < -0.39 is 22.2 Å². The third kappa shape index (κ3) is 6.69. The number of rotatable bonds is 9. The molecule has 0 N–H and O–H groups in total. The summed E-state index contributed by atoms with van der Waals surface area (Å²) in [5.41, 5.74) is -0.480. The number of hydrogen-bond donors (Lipinski definition) is 0. The van der Waals surface area contributed by atoms with E-state index in [-0.39, 0.29) is 22.1 Å². The van der Waals surface area contributed by atoms with Crippen LogP contribution in [0.5, 0.6) is 0 Å². The number of hydrogen-bond acceptors (Lipinski definition) is 4. The molecule has 0 aliphatic carbocycles. The summed E-state index contributed by atoms with van der Waals surface area (Å²) >= 11 is 0. The smallest absolute Gasteiger partial charge is 0.306 e. The van der Waals surface area contributed by atoms with Crippen LogP contribution in [0.15, 0.2) is 60.7 Å². The van der Waals surface area contributed by atoms with Crippen molar-refractivity contribution in [2.75, 3.05) is 6.61 Å². The van der Waals surface area contributed by atoms with Crippen LogP contribution in [0.3, 0.4) is 0 Å². The second-order valence-electron chi connectivity index (χ2n) is 13.7. The molecule has 0 radical (unpaired) electrons. The molecule has 2 aromatic rings. The number of carbonyl (C=O) groups is 1. The number of esters is 1. The number of cyclic esters (lactones) is 1. The molecule has 1 aliphatic rings. The molecular weight excluding hydrogens is 505 g/mol. The normalized spacial score (nSPS) is 21.6. The quantitative estimate of drug-likeness (QED) is 0.186. The van der Waals surface area contributed by atoms with Gasteiger partial charge in [-0.15, -0.1) is 0 Å². The van der Waals surface area contributed by atoms with Crippen molar-refractivity contribution in [2.45, 2.75) is 115 Å². The summed E-state index contributed by atoms with van der Waals surface area (Å²) in [7, 11) is -4.65. The first-order valence-corrected chi connectivity index (χ1v) is 19.1. The third-order valence-electron chi connectivity index (χ3n) is 8.65. The molecule has 38 heavy (non-hydrogen) atoms. The van der Waals surface area contributed by atoms with Crippen LogP contribution in [-0.4, -0.2) is 40.9 Å². The predicted octanol–water partition coefficient (Wildman–Crippen LogP) is 7.22. The van der Waals surface area contributed by atoms with Crippen LogP contribution in [0.25, 0.3) is 0 Å². The van der Waals surface area contributed by atoms with E-state index in [1.807, 2.05) is 0 Å². The Kier molecular flexibility index (Phi) is 9.55. The Labute approximate surface area is 233 Å². The van der Waals surface area contributed by atoms with Gasteiger partial charge in [0.1, 0.15) is 6.10 Å². The van der Waals surface area contributed by atoms with Gasteiger partial charge in [-0.25, -0.2) is 0 Å². The SMILES string of the molecule is CC(C)(C)[Si](C)(C)O[C@@]1(C)CCCC(=O)O[C@@H]1CCCO[Si](c1ccccc1)(c1ccccc1)C(C)(C)C. The highest BCUT2D eigenvalue weighted by atomic mass is 28.4. The summed E-state index contributed by atoms with van der Waals surface area (Å²) in [5.74, 6) is -0.106. The number of carbonyl (C=O) groups excluding carboxylic acids is 1. The van der Waals surface area contributed by atoms with Crippen molar-refractivity contribution in [1.29, 1.82) is 0 Å². The molecule has 1 fully saturated rings. The van der Waals surface area contributed by atoms with Crippen LogP contribution in [0.1, 0.15) is 80.6 Å². The lowest BCUT2D eigenvalue weighted by atomic mass is 9.91. The standard InChI is InChI=1S/C32H50O4Si2/c1-30(2,3)37(8,9)36-32(7)24-16-23-29(33)35-28(32)22-17-25-34-38(31(4,5)6,26-18-12-10-13-19-26)27-20-14-11-15-21-27/h10-15,18-21,28H,16-17,22-25H2,1-9H3/t28-,32+/m1/s1. The summed E-state index contributed by atoms with van der Waals surface area (Å²) in [6.45, 7) is 21.0. The van der Waals surface area contributed by atoms with Gasteiger partial charge in [-0.3, -0.25) is 4.79 Å². The Hall–Kier alpha value is -1.74. The first-order valence-electron chi connectivity index (χ1n) is 14.3. The molecule has 0 spiro atoms. The molecule has 0 amide bonds. The predicted molar refractivity (Wildman–Crippen MR) is 163 cm³/mol. The minimum absolute atomic E-state index is 0.0650. The van der Waals surface area contributed by atoms with Gasteiger partial charge in [-0.2, -0.15) is 0 Å². The van der Waals surface area contributed by atoms with Crippen LogP contribution in [0, 0.1) is 0 Å². The van der Waals surface area contributed by atoms with E-state index in [1.54, 1.807) is 0 Å². The van der Waals surface area contributed by atoms with Gasteiger partial charge in [0, 0.05) is 13.0 Å². The molecule has 2 atom stereocenters. The lowest BCUT2D eigenvalue weighted by molar-refractivity contribution is -0.158. The minimum atomic E-state index is -2.59. The fourth-order valence-electron chi connectivity index (χ4n) is 5.56. The van der Waals surface area contributed by atoms with Gasteiger partial charge in [0.25, 0.3) is 8.32 Å². The van der Waals surface area contributed by atoms with Crippen molar-refractivity contribution in [3.63, 3.8) is 0 Å². The molecule has 0 aromatic heterocycles. The third-order valence-corrected chi connectivity index (χ3v) is 18.3. The molecular formula is C32H50O4Si2. The Balaban J connectivity index is 1.85. The molecule has 3 rings (SSSR count). The summed E-state index contributed by atoms with van der Waals surface area (Å²) in [6, 6.07) is 21.5. The Morgan fingerprint density at radius 2 is 1.42 bits per heavy atom. The highest BCUT2D eigenvalue weighted by molar-refractivity contribution is 6.99. The monoisotopic (exact) mass is 554 g/mol. The Bertz CT molecular complexity index is 1000. The number of ether oxygens (including phenoxy) is 1. The first-order chi connectivity index (χ1) is 17.6. The van der Waals surface area contributed by atoms with E-state index in [0.717, 1.165) is 25.7 Å². The van der Waals surface area contributed by atoms with E-state index in [4.69, 9.17) is 13.6 Å². The summed E-state index contributed by atoms with van der Waals surface area (Å²) in [5, 5.41) is 2.59. The Morgan fingerprint density at radius 1 is 0.895 bits per heavy atom. The average Bonchev–Trinajstić information content (AvgIpc) is 2.96. The van der Waals surface area contributed by atoms with Crippen LogP contribution in [-0.2, 0) is 18.4 Å². The highest BCUT2D eigenvalue weighted by Gasteiger charge is 2.51. The van der Waals surface area contributed by atoms with Gasteiger partial charge >= 0.3 is 5.97 Å². The van der Waals surface area contributed by atoms with Crippen LogP contribution in [0.4, 0.5) is 0 Å². The van der Waals surface area contributed by atoms with E-state index in [1.165, 1.54) is 10.4 Å². The lowest BCUT2D eigenvalue weighted by Gasteiger charge is -2.46. The zero-order valence-corrected chi connectivity index (χ0v) is 27.2. The zero-order valence-electron chi connectivity index (χ0n) is 25.2. The second-order valence-corrected chi connectivity index (χ2v) is 22.7. The topological polar surface area (TPSA) is 44.8 Å². The largest absolute Gasteiger partial charge is 0.459 e. The molecule has 1 heterocycles. The van der Waals surface area contributed by atoms with Gasteiger partial charge < -0.3 is 13.6 Å². The maximum absolute atomic E-state index is 12.5. The van der Waals surface area contributed by atoms with Crippen molar-refractivity contribution < 1.29 is 18.4 Å². The average molecular weight is 555 g/mol. The van der Waals surface area contributed by atoms with Crippen LogP contribution in [0.2, 0.25) is 23.2 Å². The van der Waals surface area contributed by atoms with Crippen molar-refractivity contribution in [3.8, 4) is 0 Å². The number of benzene rings is 2. The highest BCUT2D eigenvalue weighted by Crippen LogP contribution is 2.43. The van der Waals surface area contributed by atoms with Gasteiger partial charge in [-0.05, 0) is 66.2 Å². The molecule has 0 bridgehead atoms. The second kappa shape index (κ2) is 11.8. The van der Waals surface area contributed by atoms with Crippen molar-refractivity contribution in [2.24, 2.45) is 0 Å². The fourth-order valence-corrected chi connectivity index (χ4v) is 11.9. The molecule has 2 aromatic carbocycles. The summed E-state index contributed by atoms with van der Waals surface area (Å²) in [6.07, 6.45) is 3.37. The van der Waals surface area contributed by atoms with Gasteiger partial charge in [0.15, 0.2) is 8.32 Å². The molecule has 1 aliphatic heterocycles. The molecule has 1 saturated heterocycles.